The summed E-state index contributed by atoms with van der Waals surface area (Å²) in [6.07, 6.45) is 2.26. The summed E-state index contributed by atoms with van der Waals surface area (Å²) in [7, 11) is -3.53. The molecule has 0 saturated heterocycles. The maximum absolute atomic E-state index is 13.3. The predicted octanol–water partition coefficient (Wildman–Crippen LogP) is 3.14. The lowest BCUT2D eigenvalue weighted by atomic mass is 10.1. The number of fused-ring (bicyclic) bond motifs is 1. The fourth-order valence-electron chi connectivity index (χ4n) is 2.48. The van der Waals surface area contributed by atoms with Crippen molar-refractivity contribution in [2.24, 2.45) is 0 Å². The largest absolute Gasteiger partial charge is 0.361 e. The number of aromatic amines is 1. The first-order valence-corrected chi connectivity index (χ1v) is 8.76. The van der Waals surface area contributed by atoms with Crippen LogP contribution in [0.25, 0.3) is 10.9 Å². The summed E-state index contributed by atoms with van der Waals surface area (Å²) in [6, 6.07) is 11.2. The van der Waals surface area contributed by atoms with Gasteiger partial charge >= 0.3 is 0 Å². The van der Waals surface area contributed by atoms with E-state index in [9.17, 15) is 12.8 Å². The third kappa shape index (κ3) is 3.43. The number of hydrogen-bond acceptors (Lipinski definition) is 2. The highest BCUT2D eigenvalue weighted by Crippen LogP contribution is 2.19. The predicted molar refractivity (Wildman–Crippen MR) is 88.3 cm³/mol. The lowest BCUT2D eigenvalue weighted by molar-refractivity contribution is 0.581. The van der Waals surface area contributed by atoms with Crippen LogP contribution in [0, 0.1) is 12.7 Å². The van der Waals surface area contributed by atoms with Gasteiger partial charge in [0.15, 0.2) is 0 Å². The topological polar surface area (TPSA) is 62.0 Å². The zero-order chi connectivity index (χ0) is 16.4. The van der Waals surface area contributed by atoms with Gasteiger partial charge in [0, 0.05) is 23.6 Å². The van der Waals surface area contributed by atoms with Gasteiger partial charge in [-0.25, -0.2) is 17.5 Å². The molecule has 0 aliphatic heterocycles. The highest BCUT2D eigenvalue weighted by atomic mass is 32.2. The van der Waals surface area contributed by atoms with Crippen LogP contribution in [-0.2, 0) is 16.4 Å². The molecule has 0 aliphatic rings. The Labute approximate surface area is 134 Å². The van der Waals surface area contributed by atoms with E-state index < -0.39 is 10.0 Å². The molecule has 2 N–H and O–H groups in total. The second-order valence-electron chi connectivity index (χ2n) is 5.46. The third-order valence-corrected chi connectivity index (χ3v) is 5.22. The van der Waals surface area contributed by atoms with Crippen molar-refractivity contribution in [3.8, 4) is 0 Å². The molecular weight excluding hydrogens is 315 g/mol. The number of H-pyrrole nitrogens is 1. The maximum Gasteiger partial charge on any atom is 0.240 e. The Morgan fingerprint density at radius 2 is 1.87 bits per heavy atom. The van der Waals surface area contributed by atoms with Gasteiger partial charge in [-0.3, -0.25) is 0 Å². The van der Waals surface area contributed by atoms with Crippen molar-refractivity contribution in [2.75, 3.05) is 6.54 Å². The van der Waals surface area contributed by atoms with Gasteiger partial charge in [0.1, 0.15) is 5.82 Å². The van der Waals surface area contributed by atoms with E-state index in [0.717, 1.165) is 22.0 Å². The second kappa shape index (κ2) is 6.14. The first-order chi connectivity index (χ1) is 11.0. The highest BCUT2D eigenvalue weighted by Gasteiger charge is 2.13. The second-order valence-corrected chi connectivity index (χ2v) is 7.23. The van der Waals surface area contributed by atoms with Crippen molar-refractivity contribution in [2.45, 2.75) is 18.2 Å². The van der Waals surface area contributed by atoms with E-state index >= 15 is 0 Å². The standard InChI is InChI=1S/C17H17FN2O2S/c1-12-2-5-15(6-3-12)23(21,22)20-9-8-13-11-19-17-7-4-14(18)10-16(13)17/h2-7,10-11,19-20H,8-9H2,1H3. The van der Waals surface area contributed by atoms with E-state index in [0.29, 0.717) is 6.42 Å². The number of rotatable bonds is 5. The van der Waals surface area contributed by atoms with Crippen LogP contribution in [0.5, 0.6) is 0 Å². The molecule has 0 amide bonds. The van der Waals surface area contributed by atoms with Crippen molar-refractivity contribution in [1.82, 2.24) is 9.71 Å². The Bertz CT molecular complexity index is 931. The van der Waals surface area contributed by atoms with E-state index in [4.69, 9.17) is 0 Å². The Morgan fingerprint density at radius 3 is 2.61 bits per heavy atom. The van der Waals surface area contributed by atoms with Gasteiger partial charge in [-0.05, 0) is 49.2 Å². The van der Waals surface area contributed by atoms with Crippen LogP contribution >= 0.6 is 0 Å². The zero-order valence-corrected chi connectivity index (χ0v) is 13.5. The Balaban J connectivity index is 1.70. The fourth-order valence-corrected chi connectivity index (χ4v) is 3.51. The normalized spacial score (nSPS) is 11.9. The van der Waals surface area contributed by atoms with E-state index in [1.165, 1.54) is 12.1 Å². The van der Waals surface area contributed by atoms with Crippen molar-refractivity contribution < 1.29 is 12.8 Å². The van der Waals surface area contributed by atoms with Crippen LogP contribution in [0.1, 0.15) is 11.1 Å². The Kier molecular flexibility index (Phi) is 4.19. The molecule has 0 spiro atoms. The fraction of sp³-hybridized carbons (Fsp3) is 0.176. The number of sulfonamides is 1. The number of nitrogens with one attached hydrogen (secondary N) is 2. The van der Waals surface area contributed by atoms with Crippen molar-refractivity contribution in [3.63, 3.8) is 0 Å². The molecule has 0 aliphatic carbocycles. The van der Waals surface area contributed by atoms with Gasteiger partial charge in [0.2, 0.25) is 10.0 Å². The van der Waals surface area contributed by atoms with Crippen LogP contribution in [0.3, 0.4) is 0 Å². The number of hydrogen-bond donors (Lipinski definition) is 2. The lowest BCUT2D eigenvalue weighted by Gasteiger charge is -2.07. The summed E-state index contributed by atoms with van der Waals surface area (Å²) < 4.78 is 40.3. The monoisotopic (exact) mass is 332 g/mol. The first-order valence-electron chi connectivity index (χ1n) is 7.27. The van der Waals surface area contributed by atoms with E-state index in [2.05, 4.69) is 9.71 Å². The van der Waals surface area contributed by atoms with Crippen molar-refractivity contribution >= 4 is 20.9 Å². The SMILES string of the molecule is Cc1ccc(S(=O)(=O)NCCc2c[nH]c3ccc(F)cc23)cc1. The molecule has 2 aromatic carbocycles. The molecule has 4 nitrogen and oxygen atoms in total. The minimum Gasteiger partial charge on any atom is -0.361 e. The summed E-state index contributed by atoms with van der Waals surface area (Å²) in [6.45, 7) is 2.15. The first kappa shape index (κ1) is 15.7. The van der Waals surface area contributed by atoms with Crippen LogP contribution in [-0.4, -0.2) is 19.9 Å². The highest BCUT2D eigenvalue weighted by molar-refractivity contribution is 7.89. The molecule has 6 heteroatoms. The number of aryl methyl sites for hydroxylation is 1. The van der Waals surface area contributed by atoms with E-state index in [1.807, 2.05) is 6.92 Å². The molecule has 120 valence electrons. The van der Waals surface area contributed by atoms with Gasteiger partial charge in [-0.2, -0.15) is 0 Å². The number of halogens is 1. The molecule has 0 unspecified atom stereocenters. The summed E-state index contributed by atoms with van der Waals surface area (Å²) in [5.74, 6) is -0.307. The van der Waals surface area contributed by atoms with E-state index in [1.54, 1.807) is 36.5 Å². The molecule has 0 atom stereocenters. The molecule has 0 radical (unpaired) electrons. The van der Waals surface area contributed by atoms with E-state index in [-0.39, 0.29) is 17.3 Å². The maximum atomic E-state index is 13.3. The molecule has 1 aromatic heterocycles. The average molecular weight is 332 g/mol. The average Bonchev–Trinajstić information content (AvgIpc) is 2.90. The minimum atomic E-state index is -3.53. The minimum absolute atomic E-state index is 0.244. The lowest BCUT2D eigenvalue weighted by Crippen LogP contribution is -2.25. The van der Waals surface area contributed by atoms with Crippen LogP contribution in [0.15, 0.2) is 53.6 Å². The van der Waals surface area contributed by atoms with Gasteiger partial charge < -0.3 is 4.98 Å². The zero-order valence-electron chi connectivity index (χ0n) is 12.6. The molecule has 3 aromatic rings. The Hall–Kier alpha value is -2.18. The van der Waals surface area contributed by atoms with Gasteiger partial charge in [-0.15, -0.1) is 0 Å². The number of benzene rings is 2. The summed E-state index contributed by atoms with van der Waals surface area (Å²) in [4.78, 5) is 3.30. The van der Waals surface area contributed by atoms with Gasteiger partial charge in [0.05, 0.1) is 4.90 Å². The molecule has 0 fully saturated rings. The summed E-state index contributed by atoms with van der Waals surface area (Å²) in [5.41, 5.74) is 2.72. The van der Waals surface area contributed by atoms with Crippen LogP contribution < -0.4 is 4.72 Å². The molecule has 3 rings (SSSR count). The van der Waals surface area contributed by atoms with Crippen molar-refractivity contribution in [1.29, 1.82) is 0 Å². The van der Waals surface area contributed by atoms with Crippen LogP contribution in [0.4, 0.5) is 4.39 Å². The van der Waals surface area contributed by atoms with Crippen molar-refractivity contribution in [3.05, 3.63) is 65.6 Å². The quantitative estimate of drug-likeness (QED) is 0.754. The Morgan fingerprint density at radius 1 is 1.13 bits per heavy atom. The third-order valence-electron chi connectivity index (χ3n) is 3.75. The van der Waals surface area contributed by atoms with Gasteiger partial charge in [0.25, 0.3) is 0 Å². The summed E-state index contributed by atoms with van der Waals surface area (Å²) in [5, 5.41) is 0.777. The molecule has 23 heavy (non-hydrogen) atoms. The molecular formula is C17H17FN2O2S. The smallest absolute Gasteiger partial charge is 0.240 e. The number of aromatic nitrogens is 1. The van der Waals surface area contributed by atoms with Gasteiger partial charge in [-0.1, -0.05) is 17.7 Å². The summed E-state index contributed by atoms with van der Waals surface area (Å²) >= 11 is 0. The van der Waals surface area contributed by atoms with Crippen LogP contribution in [0.2, 0.25) is 0 Å². The molecule has 0 bridgehead atoms. The molecule has 0 saturated carbocycles. The molecule has 1 heterocycles.